The number of anilines is 1. The molecule has 1 aliphatic heterocycles. The number of H-pyrrole nitrogens is 1. The number of hydrogen-bond acceptors (Lipinski definition) is 4. The zero-order valence-electron chi connectivity index (χ0n) is 15.7. The van der Waals surface area contributed by atoms with E-state index in [2.05, 4.69) is 10.2 Å². The maximum absolute atomic E-state index is 13.4. The summed E-state index contributed by atoms with van der Waals surface area (Å²) in [7, 11) is 0. The van der Waals surface area contributed by atoms with Crippen molar-refractivity contribution in [2.45, 2.75) is 6.04 Å². The number of nitrogens with one attached hydrogen (secondary N) is 1. The Morgan fingerprint density at radius 3 is 2.23 bits per heavy atom. The number of nitrogens with zero attached hydrogens (tertiary/aromatic N) is 3. The quantitative estimate of drug-likeness (QED) is 0.398. The molecule has 0 spiro atoms. The fourth-order valence-electron chi connectivity index (χ4n) is 4.00. The second-order valence-corrected chi connectivity index (χ2v) is 6.96. The Balaban J connectivity index is 1.79. The van der Waals surface area contributed by atoms with Crippen molar-refractivity contribution < 1.29 is 9.72 Å². The van der Waals surface area contributed by atoms with Crippen LogP contribution in [0.2, 0.25) is 0 Å². The summed E-state index contributed by atoms with van der Waals surface area (Å²) in [5.41, 5.74) is 3.50. The molecular formula is C23H16N4O3. The first-order chi connectivity index (χ1) is 14.7. The predicted octanol–water partition coefficient (Wildman–Crippen LogP) is 4.73. The topological polar surface area (TPSA) is 92.1 Å². The summed E-state index contributed by atoms with van der Waals surface area (Å²) in [6.07, 6.45) is 0. The zero-order chi connectivity index (χ0) is 20.7. The first-order valence-electron chi connectivity index (χ1n) is 9.42. The molecule has 0 fully saturated rings. The van der Waals surface area contributed by atoms with Gasteiger partial charge in [-0.15, -0.1) is 0 Å². The Morgan fingerprint density at radius 2 is 1.53 bits per heavy atom. The standard InChI is InChI=1S/C23H16N4O3/c28-23-21-19(20(24-25-21)15-9-3-1-4-10-15)22(26(23)16-11-5-2-6-12-16)17-13-7-8-14-18(17)27(29)30/h1-14,22H,(H,24,25)/t22-/m1/s1. The van der Waals surface area contributed by atoms with Gasteiger partial charge in [0.05, 0.1) is 22.2 Å². The number of nitro benzene ring substituents is 1. The zero-order valence-corrected chi connectivity index (χ0v) is 15.7. The van der Waals surface area contributed by atoms with E-state index in [-0.39, 0.29) is 11.6 Å². The van der Waals surface area contributed by atoms with Crippen LogP contribution < -0.4 is 4.90 Å². The smallest absolute Gasteiger partial charge is 0.277 e. The molecule has 1 N–H and O–H groups in total. The number of amides is 1. The van der Waals surface area contributed by atoms with E-state index in [9.17, 15) is 14.9 Å². The molecule has 2 heterocycles. The van der Waals surface area contributed by atoms with Crippen molar-refractivity contribution in [2.24, 2.45) is 0 Å². The third-order valence-corrected chi connectivity index (χ3v) is 5.28. The molecule has 146 valence electrons. The number of para-hydroxylation sites is 2. The van der Waals surface area contributed by atoms with E-state index in [0.717, 1.165) is 5.56 Å². The van der Waals surface area contributed by atoms with Crippen LogP contribution in [0.25, 0.3) is 11.3 Å². The molecule has 1 aliphatic rings. The van der Waals surface area contributed by atoms with Gasteiger partial charge in [-0.05, 0) is 18.2 Å². The minimum Gasteiger partial charge on any atom is -0.295 e. The highest BCUT2D eigenvalue weighted by molar-refractivity contribution is 6.11. The molecule has 7 heteroatoms. The Kier molecular flexibility index (Phi) is 4.14. The van der Waals surface area contributed by atoms with Crippen molar-refractivity contribution in [3.05, 3.63) is 112 Å². The Bertz CT molecular complexity index is 1250. The van der Waals surface area contributed by atoms with Gasteiger partial charge in [-0.2, -0.15) is 5.10 Å². The minimum atomic E-state index is -0.676. The lowest BCUT2D eigenvalue weighted by Gasteiger charge is -2.26. The fraction of sp³-hybridized carbons (Fsp3) is 0.0435. The molecule has 4 aromatic rings. The number of aromatic amines is 1. The van der Waals surface area contributed by atoms with Crippen LogP contribution in [0.5, 0.6) is 0 Å². The molecule has 30 heavy (non-hydrogen) atoms. The van der Waals surface area contributed by atoms with Gasteiger partial charge in [-0.3, -0.25) is 24.9 Å². The lowest BCUT2D eigenvalue weighted by molar-refractivity contribution is -0.385. The molecule has 5 rings (SSSR count). The van der Waals surface area contributed by atoms with Gasteiger partial charge >= 0.3 is 0 Å². The molecule has 0 bridgehead atoms. The second kappa shape index (κ2) is 6.97. The third kappa shape index (κ3) is 2.68. The molecule has 7 nitrogen and oxygen atoms in total. The van der Waals surface area contributed by atoms with E-state index >= 15 is 0 Å². The van der Waals surface area contributed by atoms with Gasteiger partial charge in [0.1, 0.15) is 5.69 Å². The van der Waals surface area contributed by atoms with Gasteiger partial charge in [0.25, 0.3) is 11.6 Å². The molecule has 0 unspecified atom stereocenters. The van der Waals surface area contributed by atoms with Crippen LogP contribution in [0.4, 0.5) is 11.4 Å². The van der Waals surface area contributed by atoms with Gasteiger partial charge < -0.3 is 0 Å². The monoisotopic (exact) mass is 396 g/mol. The van der Waals surface area contributed by atoms with Crippen LogP contribution in [0.3, 0.4) is 0 Å². The number of aromatic nitrogens is 2. The summed E-state index contributed by atoms with van der Waals surface area (Å²) in [6, 6.07) is 24.5. The Labute approximate surface area is 171 Å². The van der Waals surface area contributed by atoms with E-state index in [0.29, 0.717) is 28.2 Å². The summed E-state index contributed by atoms with van der Waals surface area (Å²) in [4.78, 5) is 26.4. The summed E-state index contributed by atoms with van der Waals surface area (Å²) < 4.78 is 0. The highest BCUT2D eigenvalue weighted by Crippen LogP contribution is 2.46. The molecule has 0 saturated heterocycles. The molecule has 3 aromatic carbocycles. The van der Waals surface area contributed by atoms with Crippen molar-refractivity contribution in [2.75, 3.05) is 4.90 Å². The van der Waals surface area contributed by atoms with E-state index < -0.39 is 11.0 Å². The van der Waals surface area contributed by atoms with Crippen LogP contribution >= 0.6 is 0 Å². The van der Waals surface area contributed by atoms with E-state index in [1.165, 1.54) is 6.07 Å². The van der Waals surface area contributed by atoms with Gasteiger partial charge in [0.15, 0.2) is 0 Å². The van der Waals surface area contributed by atoms with Crippen LogP contribution in [0.1, 0.15) is 27.7 Å². The van der Waals surface area contributed by atoms with Crippen molar-refractivity contribution in [1.29, 1.82) is 0 Å². The molecular weight excluding hydrogens is 380 g/mol. The summed E-state index contributed by atoms with van der Waals surface area (Å²) in [5, 5.41) is 19.1. The highest BCUT2D eigenvalue weighted by atomic mass is 16.6. The van der Waals surface area contributed by atoms with E-state index in [1.807, 2.05) is 60.7 Å². The van der Waals surface area contributed by atoms with Crippen molar-refractivity contribution in [3.63, 3.8) is 0 Å². The lowest BCUT2D eigenvalue weighted by Crippen LogP contribution is -2.29. The number of rotatable bonds is 4. The SMILES string of the molecule is O=C1c2[nH]nc(-c3ccccc3)c2[C@@H](c2ccccc2[N+](=O)[O-])N1c1ccccc1. The predicted molar refractivity (Wildman–Crippen MR) is 112 cm³/mol. The van der Waals surface area contributed by atoms with Crippen LogP contribution in [-0.2, 0) is 0 Å². The van der Waals surface area contributed by atoms with Crippen LogP contribution in [-0.4, -0.2) is 21.0 Å². The van der Waals surface area contributed by atoms with Crippen LogP contribution in [0, 0.1) is 10.1 Å². The van der Waals surface area contributed by atoms with Gasteiger partial charge in [0, 0.05) is 22.9 Å². The van der Waals surface area contributed by atoms with Gasteiger partial charge in [0.2, 0.25) is 0 Å². The molecule has 1 atom stereocenters. The Hall–Kier alpha value is -4.26. The number of nitro groups is 1. The van der Waals surface area contributed by atoms with E-state index in [1.54, 1.807) is 23.1 Å². The number of carbonyl (C=O) groups excluding carboxylic acids is 1. The summed E-state index contributed by atoms with van der Waals surface area (Å²) >= 11 is 0. The van der Waals surface area contributed by atoms with Crippen LogP contribution in [0.15, 0.2) is 84.9 Å². The maximum Gasteiger partial charge on any atom is 0.277 e. The lowest BCUT2D eigenvalue weighted by atomic mass is 9.94. The van der Waals surface area contributed by atoms with Crippen molar-refractivity contribution in [1.82, 2.24) is 10.2 Å². The molecule has 1 amide bonds. The molecule has 0 radical (unpaired) electrons. The number of carbonyl (C=O) groups is 1. The minimum absolute atomic E-state index is 0.0377. The summed E-state index contributed by atoms with van der Waals surface area (Å²) in [5.74, 6) is -0.269. The molecule has 0 saturated carbocycles. The summed E-state index contributed by atoms with van der Waals surface area (Å²) in [6.45, 7) is 0. The fourth-order valence-corrected chi connectivity index (χ4v) is 4.00. The average molecular weight is 396 g/mol. The average Bonchev–Trinajstić information content (AvgIpc) is 3.34. The van der Waals surface area contributed by atoms with Crippen molar-refractivity contribution >= 4 is 17.3 Å². The number of fused-ring (bicyclic) bond motifs is 1. The van der Waals surface area contributed by atoms with Gasteiger partial charge in [-0.25, -0.2) is 0 Å². The normalized spacial score (nSPS) is 15.3. The first kappa shape index (κ1) is 17.8. The van der Waals surface area contributed by atoms with Gasteiger partial charge in [-0.1, -0.05) is 60.7 Å². The maximum atomic E-state index is 13.4. The molecule has 0 aliphatic carbocycles. The Morgan fingerprint density at radius 1 is 0.900 bits per heavy atom. The largest absolute Gasteiger partial charge is 0.295 e. The van der Waals surface area contributed by atoms with E-state index in [4.69, 9.17) is 0 Å². The molecule has 1 aromatic heterocycles. The number of benzene rings is 3. The first-order valence-corrected chi connectivity index (χ1v) is 9.42. The van der Waals surface area contributed by atoms with Crippen molar-refractivity contribution in [3.8, 4) is 11.3 Å². The second-order valence-electron chi connectivity index (χ2n) is 6.96. The number of hydrogen-bond donors (Lipinski definition) is 1. The highest BCUT2D eigenvalue weighted by Gasteiger charge is 2.45. The third-order valence-electron chi connectivity index (χ3n) is 5.28.